The second-order valence-corrected chi connectivity index (χ2v) is 4.79. The van der Waals surface area contributed by atoms with Gasteiger partial charge in [0.05, 0.1) is 6.17 Å². The molecule has 1 heterocycles. The standard InChI is InChI=1S/C15H24N2/c1-3-14(13-9-6-5-7-10-13)17-12-8-11-15(17)16-4-2/h5-7,9-10,14-16H,3-4,8,11-12H2,1-2H3. The highest BCUT2D eigenvalue weighted by atomic mass is 15.3. The van der Waals surface area contributed by atoms with Crippen LogP contribution in [-0.4, -0.2) is 24.2 Å². The Balaban J connectivity index is 2.12. The van der Waals surface area contributed by atoms with Crippen LogP contribution >= 0.6 is 0 Å². The molecular formula is C15H24N2. The molecule has 0 radical (unpaired) electrons. The normalized spacial score (nSPS) is 22.8. The van der Waals surface area contributed by atoms with Crippen LogP contribution in [0, 0.1) is 0 Å². The maximum absolute atomic E-state index is 3.61. The molecule has 2 heteroatoms. The van der Waals surface area contributed by atoms with Gasteiger partial charge in [0.15, 0.2) is 0 Å². The van der Waals surface area contributed by atoms with Crippen LogP contribution in [-0.2, 0) is 0 Å². The lowest BCUT2D eigenvalue weighted by Crippen LogP contribution is -2.42. The number of nitrogens with zero attached hydrogens (tertiary/aromatic N) is 1. The van der Waals surface area contributed by atoms with E-state index in [0.29, 0.717) is 12.2 Å². The quantitative estimate of drug-likeness (QED) is 0.839. The lowest BCUT2D eigenvalue weighted by Gasteiger charge is -2.33. The van der Waals surface area contributed by atoms with Crippen LogP contribution in [0.25, 0.3) is 0 Å². The summed E-state index contributed by atoms with van der Waals surface area (Å²) in [6, 6.07) is 11.5. The first-order valence-electron chi connectivity index (χ1n) is 6.90. The van der Waals surface area contributed by atoms with Crippen molar-refractivity contribution in [2.75, 3.05) is 13.1 Å². The molecule has 0 spiro atoms. The van der Waals surface area contributed by atoms with Crippen molar-refractivity contribution in [1.82, 2.24) is 10.2 Å². The minimum Gasteiger partial charge on any atom is -0.302 e. The molecule has 2 rings (SSSR count). The number of likely N-dealkylation sites (tertiary alicyclic amines) is 1. The largest absolute Gasteiger partial charge is 0.302 e. The topological polar surface area (TPSA) is 15.3 Å². The Kier molecular flexibility index (Phi) is 4.57. The number of rotatable bonds is 5. The fourth-order valence-electron chi connectivity index (χ4n) is 2.95. The zero-order valence-corrected chi connectivity index (χ0v) is 11.0. The van der Waals surface area contributed by atoms with Gasteiger partial charge in [0.1, 0.15) is 0 Å². The van der Waals surface area contributed by atoms with Crippen LogP contribution in [0.1, 0.15) is 44.7 Å². The van der Waals surface area contributed by atoms with E-state index in [9.17, 15) is 0 Å². The SMILES string of the molecule is CCNC1CCCN1C(CC)c1ccccc1. The summed E-state index contributed by atoms with van der Waals surface area (Å²) in [7, 11) is 0. The van der Waals surface area contributed by atoms with E-state index in [0.717, 1.165) is 6.54 Å². The van der Waals surface area contributed by atoms with E-state index in [1.54, 1.807) is 0 Å². The number of nitrogens with one attached hydrogen (secondary N) is 1. The number of hydrogen-bond donors (Lipinski definition) is 1. The molecule has 1 aliphatic heterocycles. The Morgan fingerprint density at radius 1 is 1.29 bits per heavy atom. The first kappa shape index (κ1) is 12.6. The van der Waals surface area contributed by atoms with E-state index >= 15 is 0 Å². The summed E-state index contributed by atoms with van der Waals surface area (Å²) < 4.78 is 0. The van der Waals surface area contributed by atoms with Gasteiger partial charge < -0.3 is 5.32 Å². The molecule has 1 aromatic rings. The van der Waals surface area contributed by atoms with Gasteiger partial charge in [-0.15, -0.1) is 0 Å². The summed E-state index contributed by atoms with van der Waals surface area (Å²) in [6.07, 6.45) is 4.37. The lowest BCUT2D eigenvalue weighted by atomic mass is 10.0. The Morgan fingerprint density at radius 3 is 2.71 bits per heavy atom. The molecule has 0 bridgehead atoms. The average Bonchev–Trinajstić information content (AvgIpc) is 2.81. The van der Waals surface area contributed by atoms with Crippen LogP contribution in [0.15, 0.2) is 30.3 Å². The molecule has 0 saturated carbocycles. The third-order valence-electron chi connectivity index (χ3n) is 3.71. The molecule has 1 aliphatic rings. The van der Waals surface area contributed by atoms with Crippen LogP contribution < -0.4 is 5.32 Å². The first-order valence-corrected chi connectivity index (χ1v) is 6.90. The highest BCUT2D eigenvalue weighted by Gasteiger charge is 2.29. The third-order valence-corrected chi connectivity index (χ3v) is 3.71. The van der Waals surface area contributed by atoms with E-state index in [-0.39, 0.29) is 0 Å². The van der Waals surface area contributed by atoms with Gasteiger partial charge in [0, 0.05) is 12.6 Å². The summed E-state index contributed by atoms with van der Waals surface area (Å²) in [5, 5.41) is 3.61. The third kappa shape index (κ3) is 2.88. The van der Waals surface area contributed by atoms with Crippen molar-refractivity contribution in [1.29, 1.82) is 0 Å². The summed E-state index contributed by atoms with van der Waals surface area (Å²) in [6.45, 7) is 6.77. The molecule has 94 valence electrons. The fraction of sp³-hybridized carbons (Fsp3) is 0.600. The van der Waals surface area contributed by atoms with E-state index in [2.05, 4.69) is 54.4 Å². The van der Waals surface area contributed by atoms with Gasteiger partial charge in [-0.2, -0.15) is 0 Å². The van der Waals surface area contributed by atoms with Gasteiger partial charge in [-0.1, -0.05) is 44.2 Å². The van der Waals surface area contributed by atoms with Crippen molar-refractivity contribution in [3.05, 3.63) is 35.9 Å². The van der Waals surface area contributed by atoms with Crippen molar-refractivity contribution < 1.29 is 0 Å². The summed E-state index contributed by atoms with van der Waals surface area (Å²) in [5.41, 5.74) is 1.46. The van der Waals surface area contributed by atoms with Crippen LogP contribution in [0.2, 0.25) is 0 Å². The molecule has 17 heavy (non-hydrogen) atoms. The van der Waals surface area contributed by atoms with Gasteiger partial charge in [-0.05, 0) is 31.4 Å². The summed E-state index contributed by atoms with van der Waals surface area (Å²) in [5.74, 6) is 0. The second-order valence-electron chi connectivity index (χ2n) is 4.79. The predicted molar refractivity (Wildman–Crippen MR) is 72.9 cm³/mol. The first-order chi connectivity index (χ1) is 8.36. The van der Waals surface area contributed by atoms with Gasteiger partial charge in [-0.25, -0.2) is 0 Å². The Morgan fingerprint density at radius 2 is 2.06 bits per heavy atom. The molecule has 0 amide bonds. The van der Waals surface area contributed by atoms with Crippen molar-refractivity contribution in [2.45, 2.75) is 45.3 Å². The fourth-order valence-corrected chi connectivity index (χ4v) is 2.95. The van der Waals surface area contributed by atoms with E-state index in [1.165, 1.54) is 31.4 Å². The van der Waals surface area contributed by atoms with Gasteiger partial charge in [-0.3, -0.25) is 4.90 Å². The van der Waals surface area contributed by atoms with Crippen LogP contribution in [0.4, 0.5) is 0 Å². The molecule has 0 aromatic heterocycles. The molecule has 1 saturated heterocycles. The van der Waals surface area contributed by atoms with Crippen molar-refractivity contribution >= 4 is 0 Å². The van der Waals surface area contributed by atoms with Gasteiger partial charge in [0.2, 0.25) is 0 Å². The predicted octanol–water partition coefficient (Wildman–Crippen LogP) is 3.17. The number of hydrogen-bond acceptors (Lipinski definition) is 2. The van der Waals surface area contributed by atoms with E-state index in [4.69, 9.17) is 0 Å². The zero-order valence-electron chi connectivity index (χ0n) is 11.0. The Labute approximate surface area is 105 Å². The zero-order chi connectivity index (χ0) is 12.1. The van der Waals surface area contributed by atoms with E-state index < -0.39 is 0 Å². The van der Waals surface area contributed by atoms with Crippen molar-refractivity contribution in [2.24, 2.45) is 0 Å². The Bertz CT molecular complexity index is 323. The van der Waals surface area contributed by atoms with Crippen molar-refractivity contribution in [3.8, 4) is 0 Å². The molecule has 1 aromatic carbocycles. The van der Waals surface area contributed by atoms with Gasteiger partial charge in [0.25, 0.3) is 0 Å². The molecular weight excluding hydrogens is 208 g/mol. The van der Waals surface area contributed by atoms with Gasteiger partial charge >= 0.3 is 0 Å². The van der Waals surface area contributed by atoms with Crippen LogP contribution in [0.3, 0.4) is 0 Å². The molecule has 2 atom stereocenters. The lowest BCUT2D eigenvalue weighted by molar-refractivity contribution is 0.151. The number of benzene rings is 1. The smallest absolute Gasteiger partial charge is 0.0602 e. The maximum atomic E-state index is 3.61. The second kappa shape index (κ2) is 6.18. The molecule has 1 N–H and O–H groups in total. The van der Waals surface area contributed by atoms with Crippen molar-refractivity contribution in [3.63, 3.8) is 0 Å². The molecule has 1 fully saturated rings. The summed E-state index contributed by atoms with van der Waals surface area (Å²) in [4.78, 5) is 2.64. The van der Waals surface area contributed by atoms with E-state index in [1.807, 2.05) is 0 Å². The molecule has 2 unspecified atom stereocenters. The Hall–Kier alpha value is -0.860. The molecule has 0 aliphatic carbocycles. The minimum absolute atomic E-state index is 0.572. The molecule has 2 nitrogen and oxygen atoms in total. The average molecular weight is 232 g/mol. The summed E-state index contributed by atoms with van der Waals surface area (Å²) >= 11 is 0. The highest BCUT2D eigenvalue weighted by molar-refractivity contribution is 5.19. The monoisotopic (exact) mass is 232 g/mol. The minimum atomic E-state index is 0.572. The maximum Gasteiger partial charge on any atom is 0.0602 e. The van der Waals surface area contributed by atoms with Crippen LogP contribution in [0.5, 0.6) is 0 Å². The highest BCUT2D eigenvalue weighted by Crippen LogP contribution is 2.30.